The van der Waals surface area contributed by atoms with Crippen LogP contribution in [-0.4, -0.2) is 36.2 Å². The molecule has 2 N–H and O–H groups in total. The highest BCUT2D eigenvalue weighted by Crippen LogP contribution is 2.55. The summed E-state index contributed by atoms with van der Waals surface area (Å²) >= 11 is 0. The Hall–Kier alpha value is -1.71. The lowest BCUT2D eigenvalue weighted by Gasteiger charge is -2.33. The number of nitrogens with zero attached hydrogens (tertiary/aromatic N) is 1. The summed E-state index contributed by atoms with van der Waals surface area (Å²) in [6, 6.07) is 1.20. The van der Waals surface area contributed by atoms with Crippen molar-refractivity contribution in [1.82, 2.24) is 4.90 Å². The zero-order chi connectivity index (χ0) is 16.8. The number of hydrogen-bond acceptors (Lipinski definition) is 3. The predicted octanol–water partition coefficient (Wildman–Crippen LogP) is 2.70. The van der Waals surface area contributed by atoms with Crippen LogP contribution in [0.4, 0.5) is 26.3 Å². The van der Waals surface area contributed by atoms with Crippen LogP contribution in [0.25, 0.3) is 0 Å². The predicted molar refractivity (Wildman–Crippen MR) is 61.7 cm³/mol. The van der Waals surface area contributed by atoms with Crippen molar-refractivity contribution >= 4 is 5.91 Å². The summed E-state index contributed by atoms with van der Waals surface area (Å²) in [7, 11) is 0. The molecule has 2 rings (SSSR count). The van der Waals surface area contributed by atoms with E-state index in [1.165, 1.54) is 6.07 Å². The molecule has 124 valence electrons. The molecule has 0 saturated carbocycles. The average molecular weight is 330 g/mol. The van der Waals surface area contributed by atoms with Gasteiger partial charge < -0.3 is 15.1 Å². The van der Waals surface area contributed by atoms with E-state index >= 15 is 0 Å². The number of halogens is 6. The van der Waals surface area contributed by atoms with Gasteiger partial charge in [-0.15, -0.1) is 0 Å². The van der Waals surface area contributed by atoms with Crippen LogP contribution >= 0.6 is 0 Å². The summed E-state index contributed by atoms with van der Waals surface area (Å²) in [5, 5.41) is 0. The van der Waals surface area contributed by atoms with Gasteiger partial charge in [-0.1, -0.05) is 0 Å². The lowest BCUT2D eigenvalue weighted by molar-refractivity contribution is -0.334. The Kier molecular flexibility index (Phi) is 3.92. The molecule has 0 unspecified atom stereocenters. The van der Waals surface area contributed by atoms with Gasteiger partial charge in [0.05, 0.1) is 12.1 Å². The first-order valence-electron chi connectivity index (χ1n) is 6.22. The third kappa shape index (κ3) is 2.55. The van der Waals surface area contributed by atoms with Crippen molar-refractivity contribution in [3.05, 3.63) is 23.7 Å². The van der Waals surface area contributed by atoms with E-state index in [2.05, 4.69) is 0 Å². The van der Waals surface area contributed by atoms with E-state index in [0.29, 0.717) is 4.90 Å². The summed E-state index contributed by atoms with van der Waals surface area (Å²) in [6.07, 6.45) is -11.2. The van der Waals surface area contributed by atoms with E-state index in [0.717, 1.165) is 6.26 Å². The number of amides is 1. The van der Waals surface area contributed by atoms with Crippen LogP contribution < -0.4 is 5.73 Å². The molecule has 0 spiro atoms. The van der Waals surface area contributed by atoms with Gasteiger partial charge in [0.1, 0.15) is 12.0 Å². The fourth-order valence-electron chi connectivity index (χ4n) is 2.39. The van der Waals surface area contributed by atoms with Gasteiger partial charge in [-0.25, -0.2) is 0 Å². The maximum atomic E-state index is 12.9. The van der Waals surface area contributed by atoms with Crippen LogP contribution in [0, 0.1) is 5.41 Å². The van der Waals surface area contributed by atoms with Crippen molar-refractivity contribution < 1.29 is 35.6 Å². The minimum atomic E-state index is -5.49. The molecule has 0 atom stereocenters. The highest BCUT2D eigenvalue weighted by Gasteiger charge is 2.72. The van der Waals surface area contributed by atoms with Gasteiger partial charge in [-0.05, 0) is 12.5 Å². The van der Waals surface area contributed by atoms with Crippen LogP contribution in [0.2, 0.25) is 0 Å². The van der Waals surface area contributed by atoms with Crippen molar-refractivity contribution in [1.29, 1.82) is 0 Å². The van der Waals surface area contributed by atoms with Gasteiger partial charge in [-0.3, -0.25) is 4.79 Å². The standard InChI is InChI=1S/C12H12F6N2O2/c13-11(14,15)10(12(16,17)18)1-2-20(6-10)9(21)7-3-8(4-19)22-5-7/h3,5H,1-2,4,6,19H2. The molecule has 1 amide bonds. The zero-order valence-electron chi connectivity index (χ0n) is 11.1. The highest BCUT2D eigenvalue weighted by atomic mass is 19.4. The summed E-state index contributed by atoms with van der Waals surface area (Å²) in [4.78, 5) is 12.5. The Bertz CT molecular complexity index is 549. The number of carbonyl (C=O) groups excluding carboxylic acids is 1. The van der Waals surface area contributed by atoms with Crippen LogP contribution in [0.1, 0.15) is 22.5 Å². The monoisotopic (exact) mass is 330 g/mol. The smallest absolute Gasteiger partial charge is 0.404 e. The number of furan rings is 1. The Morgan fingerprint density at radius 3 is 2.27 bits per heavy atom. The molecule has 1 saturated heterocycles. The van der Waals surface area contributed by atoms with Gasteiger partial charge in [0.2, 0.25) is 0 Å². The molecule has 0 aliphatic carbocycles. The Balaban J connectivity index is 2.25. The molecule has 0 radical (unpaired) electrons. The zero-order valence-corrected chi connectivity index (χ0v) is 11.1. The van der Waals surface area contributed by atoms with E-state index in [1.54, 1.807) is 0 Å². The minimum absolute atomic E-state index is 0.0394. The molecule has 1 aromatic heterocycles. The first kappa shape index (κ1) is 16.7. The van der Waals surface area contributed by atoms with Crippen molar-refractivity contribution in [3.63, 3.8) is 0 Å². The largest absolute Gasteiger partial charge is 0.467 e. The fourth-order valence-corrected chi connectivity index (χ4v) is 2.39. The van der Waals surface area contributed by atoms with Crippen molar-refractivity contribution in [2.24, 2.45) is 11.1 Å². The molecule has 2 heterocycles. The summed E-state index contributed by atoms with van der Waals surface area (Å²) in [5.74, 6) is -0.737. The molecule has 4 nitrogen and oxygen atoms in total. The lowest BCUT2D eigenvalue weighted by atomic mass is 9.85. The Labute approximate surface area is 120 Å². The number of nitrogens with two attached hydrogens (primary N) is 1. The van der Waals surface area contributed by atoms with Gasteiger partial charge in [-0.2, -0.15) is 26.3 Å². The topological polar surface area (TPSA) is 59.5 Å². The van der Waals surface area contributed by atoms with Gasteiger partial charge in [0.15, 0.2) is 5.41 Å². The number of carbonyl (C=O) groups is 1. The molecular formula is C12H12F6N2O2. The SMILES string of the molecule is NCc1cc(C(=O)N2CCC(C(F)(F)F)(C(F)(F)F)C2)co1. The molecule has 10 heteroatoms. The molecule has 22 heavy (non-hydrogen) atoms. The van der Waals surface area contributed by atoms with Crippen molar-refractivity contribution in [3.8, 4) is 0 Å². The summed E-state index contributed by atoms with van der Waals surface area (Å²) in [5.41, 5.74) is 1.24. The Morgan fingerprint density at radius 1 is 1.27 bits per heavy atom. The van der Waals surface area contributed by atoms with Gasteiger partial charge >= 0.3 is 12.4 Å². The lowest BCUT2D eigenvalue weighted by Crippen LogP contribution is -2.52. The van der Waals surface area contributed by atoms with Crippen LogP contribution in [0.15, 0.2) is 16.7 Å². The number of alkyl halides is 6. The highest BCUT2D eigenvalue weighted by molar-refractivity contribution is 5.94. The molecule has 0 bridgehead atoms. The quantitative estimate of drug-likeness (QED) is 0.848. The maximum absolute atomic E-state index is 12.9. The molecular weight excluding hydrogens is 318 g/mol. The van der Waals surface area contributed by atoms with Crippen LogP contribution in [0.5, 0.6) is 0 Å². The molecule has 1 aromatic rings. The van der Waals surface area contributed by atoms with E-state index < -0.39 is 43.2 Å². The maximum Gasteiger partial charge on any atom is 0.404 e. The second-order valence-corrected chi connectivity index (χ2v) is 5.06. The Morgan fingerprint density at radius 2 is 1.86 bits per heavy atom. The second kappa shape index (κ2) is 5.18. The first-order valence-corrected chi connectivity index (χ1v) is 6.22. The van der Waals surface area contributed by atoms with Crippen molar-refractivity contribution in [2.75, 3.05) is 13.1 Å². The second-order valence-electron chi connectivity index (χ2n) is 5.06. The van der Waals surface area contributed by atoms with E-state index in [4.69, 9.17) is 10.2 Å². The van der Waals surface area contributed by atoms with Crippen LogP contribution in [0.3, 0.4) is 0 Å². The minimum Gasteiger partial charge on any atom is -0.467 e. The van der Waals surface area contributed by atoms with Gasteiger partial charge in [0, 0.05) is 13.1 Å². The fraction of sp³-hybridized carbons (Fsp3) is 0.583. The van der Waals surface area contributed by atoms with Crippen molar-refractivity contribution in [2.45, 2.75) is 25.3 Å². The summed E-state index contributed by atoms with van der Waals surface area (Å²) in [6.45, 7) is -2.13. The molecule has 1 aliphatic heterocycles. The van der Waals surface area contributed by atoms with E-state index in [-0.39, 0.29) is 17.9 Å². The average Bonchev–Trinajstić information content (AvgIpc) is 3.04. The normalized spacial score (nSPS) is 18.8. The molecule has 1 aliphatic rings. The number of hydrogen-bond donors (Lipinski definition) is 1. The molecule has 1 fully saturated rings. The third-order valence-corrected chi connectivity index (χ3v) is 3.74. The van der Waals surface area contributed by atoms with Crippen LogP contribution in [-0.2, 0) is 6.54 Å². The van der Waals surface area contributed by atoms with Gasteiger partial charge in [0.25, 0.3) is 5.91 Å². The van der Waals surface area contributed by atoms with E-state index in [1.807, 2.05) is 0 Å². The first-order chi connectivity index (χ1) is 10.0. The number of likely N-dealkylation sites (tertiary alicyclic amines) is 1. The number of rotatable bonds is 2. The van der Waals surface area contributed by atoms with E-state index in [9.17, 15) is 31.1 Å². The molecule has 0 aromatic carbocycles. The summed E-state index contributed by atoms with van der Waals surface area (Å²) < 4.78 is 82.4. The third-order valence-electron chi connectivity index (χ3n) is 3.74.